The molecule has 0 saturated carbocycles. The summed E-state index contributed by atoms with van der Waals surface area (Å²) in [4.78, 5) is 16.4. The summed E-state index contributed by atoms with van der Waals surface area (Å²) in [5, 5.41) is 5.69. The van der Waals surface area contributed by atoms with E-state index in [1.807, 2.05) is 18.2 Å². The third kappa shape index (κ3) is 3.79. The van der Waals surface area contributed by atoms with Gasteiger partial charge in [-0.15, -0.1) is 0 Å². The lowest BCUT2D eigenvalue weighted by atomic mass is 10.1. The third-order valence-corrected chi connectivity index (χ3v) is 3.76. The Labute approximate surface area is 149 Å². The van der Waals surface area contributed by atoms with Crippen molar-refractivity contribution in [3.05, 3.63) is 77.9 Å². The number of hydrogen-bond donors (Lipinski definition) is 3. The molecular formula is C19H18FN5O. The van der Waals surface area contributed by atoms with Gasteiger partial charge in [-0.25, -0.2) is 15.2 Å². The van der Waals surface area contributed by atoms with Gasteiger partial charge in [-0.05, 0) is 35.2 Å². The minimum atomic E-state index is -0.586. The van der Waals surface area contributed by atoms with Gasteiger partial charge in [0.25, 0.3) is 5.91 Å². The van der Waals surface area contributed by atoms with E-state index in [0.717, 1.165) is 16.3 Å². The number of fused-ring (bicyclic) bond motifs is 1. The molecule has 3 rings (SSSR count). The van der Waals surface area contributed by atoms with E-state index in [9.17, 15) is 9.18 Å². The molecule has 132 valence electrons. The van der Waals surface area contributed by atoms with E-state index in [1.54, 1.807) is 31.6 Å². The quantitative estimate of drug-likeness (QED) is 0.496. The fourth-order valence-electron chi connectivity index (χ4n) is 2.51. The van der Waals surface area contributed by atoms with E-state index >= 15 is 0 Å². The monoisotopic (exact) mass is 351 g/mol. The van der Waals surface area contributed by atoms with E-state index in [2.05, 4.69) is 10.3 Å². The van der Waals surface area contributed by atoms with Crippen molar-refractivity contribution in [2.45, 2.75) is 0 Å². The number of carbonyl (C=O) groups is 1. The zero-order valence-electron chi connectivity index (χ0n) is 14.1. The molecule has 0 saturated heterocycles. The van der Waals surface area contributed by atoms with Crippen LogP contribution in [0.3, 0.4) is 0 Å². The molecule has 0 bridgehead atoms. The number of amides is 1. The highest BCUT2D eigenvalue weighted by atomic mass is 19.1. The second kappa shape index (κ2) is 7.20. The largest absolute Gasteiger partial charge is 0.397 e. The van der Waals surface area contributed by atoms with Crippen molar-refractivity contribution in [1.29, 1.82) is 0 Å². The van der Waals surface area contributed by atoms with E-state index in [1.165, 1.54) is 23.2 Å². The molecule has 1 heterocycles. The molecule has 0 spiro atoms. The molecule has 0 radical (unpaired) electrons. The molecule has 0 aliphatic heterocycles. The number of nitrogens with zero attached hydrogens (tertiary/aromatic N) is 2. The number of rotatable bonds is 4. The Kier molecular flexibility index (Phi) is 4.81. The zero-order valence-corrected chi connectivity index (χ0v) is 14.1. The zero-order chi connectivity index (χ0) is 18.7. The Balaban J connectivity index is 1.91. The van der Waals surface area contributed by atoms with Gasteiger partial charge < -0.3 is 16.1 Å². The summed E-state index contributed by atoms with van der Waals surface area (Å²) < 4.78 is 13.7. The number of hydrazine groups is 1. The molecule has 0 atom stereocenters. The number of hydrogen-bond acceptors (Lipinski definition) is 5. The molecular weight excluding hydrogens is 333 g/mol. The van der Waals surface area contributed by atoms with Gasteiger partial charge >= 0.3 is 0 Å². The molecule has 1 amide bonds. The Hall–Kier alpha value is -3.45. The first kappa shape index (κ1) is 17.4. The van der Waals surface area contributed by atoms with Crippen LogP contribution in [0, 0.1) is 5.82 Å². The number of halogens is 1. The van der Waals surface area contributed by atoms with E-state index in [-0.39, 0.29) is 5.56 Å². The normalized spacial score (nSPS) is 11.4. The van der Waals surface area contributed by atoms with Gasteiger partial charge in [-0.2, -0.15) is 0 Å². The highest BCUT2D eigenvalue weighted by molar-refractivity contribution is 6.04. The lowest BCUT2D eigenvalue weighted by Crippen LogP contribution is -2.20. The predicted molar refractivity (Wildman–Crippen MR) is 100 cm³/mol. The lowest BCUT2D eigenvalue weighted by molar-refractivity contribution is 0.102. The number of pyridine rings is 1. The van der Waals surface area contributed by atoms with Crippen LogP contribution < -0.4 is 16.9 Å². The van der Waals surface area contributed by atoms with Gasteiger partial charge in [-0.1, -0.05) is 24.3 Å². The molecule has 0 fully saturated rings. The van der Waals surface area contributed by atoms with Crippen molar-refractivity contribution in [3.63, 3.8) is 0 Å². The van der Waals surface area contributed by atoms with Crippen LogP contribution in [0.15, 0.2) is 60.9 Å². The second-order valence-electron chi connectivity index (χ2n) is 5.82. The van der Waals surface area contributed by atoms with Gasteiger partial charge in [0.15, 0.2) is 0 Å². The Morgan fingerprint density at radius 3 is 2.69 bits per heavy atom. The first-order valence-electron chi connectivity index (χ1n) is 7.85. The molecule has 0 unspecified atom stereocenters. The smallest absolute Gasteiger partial charge is 0.259 e. The molecule has 2 aromatic carbocycles. The van der Waals surface area contributed by atoms with Crippen LogP contribution in [-0.2, 0) is 0 Å². The van der Waals surface area contributed by atoms with Crippen LogP contribution in [0.25, 0.3) is 16.5 Å². The number of carbonyl (C=O) groups excluding carboxylic acids is 1. The Morgan fingerprint density at radius 2 is 1.96 bits per heavy atom. The topological polar surface area (TPSA) is 97.3 Å². The summed E-state index contributed by atoms with van der Waals surface area (Å²) >= 11 is 0. The number of aromatic nitrogens is 1. The summed E-state index contributed by atoms with van der Waals surface area (Å²) in [6.45, 7) is 0. The van der Waals surface area contributed by atoms with Gasteiger partial charge in [0.1, 0.15) is 11.6 Å². The highest BCUT2D eigenvalue weighted by Crippen LogP contribution is 2.21. The number of nitrogens with two attached hydrogens (primary N) is 2. The fraction of sp³-hybridized carbons (Fsp3) is 0.0526. The molecule has 7 heteroatoms. The van der Waals surface area contributed by atoms with Gasteiger partial charge in [0.2, 0.25) is 0 Å². The van der Waals surface area contributed by atoms with Crippen molar-refractivity contribution in [2.24, 2.45) is 11.6 Å². The van der Waals surface area contributed by atoms with Crippen molar-refractivity contribution in [2.75, 3.05) is 12.4 Å². The van der Waals surface area contributed by atoms with E-state index in [0.29, 0.717) is 11.5 Å². The summed E-state index contributed by atoms with van der Waals surface area (Å²) in [6, 6.07) is 13.1. The van der Waals surface area contributed by atoms with Gasteiger partial charge in [-0.3, -0.25) is 4.79 Å². The first-order chi connectivity index (χ1) is 12.4. The van der Waals surface area contributed by atoms with Gasteiger partial charge in [0.05, 0.1) is 11.3 Å². The van der Waals surface area contributed by atoms with Gasteiger partial charge in [0, 0.05) is 24.8 Å². The highest BCUT2D eigenvalue weighted by Gasteiger charge is 2.12. The minimum Gasteiger partial charge on any atom is -0.397 e. The van der Waals surface area contributed by atoms with E-state index < -0.39 is 11.7 Å². The summed E-state index contributed by atoms with van der Waals surface area (Å²) in [6.07, 6.45) is 3.23. The maximum Gasteiger partial charge on any atom is 0.259 e. The average Bonchev–Trinajstić information content (AvgIpc) is 2.60. The maximum atomic E-state index is 13.7. The molecule has 1 aromatic heterocycles. The third-order valence-electron chi connectivity index (χ3n) is 3.76. The standard InChI is InChI=1S/C19H18FN5O/c1-25(22)11-17(21)12-6-7-13-10-23-18(9-14(13)8-12)24-19(26)15-4-2-3-5-16(15)20/h2-11H,21-22H2,1H3,(H,23,24,26)/b17-11-. The molecule has 5 N–H and O–H groups in total. The summed E-state index contributed by atoms with van der Waals surface area (Å²) in [5.74, 6) is 4.75. The fourth-order valence-corrected chi connectivity index (χ4v) is 2.51. The SMILES string of the molecule is CN(N)/C=C(\N)c1ccc2cnc(NC(=O)c3ccccc3F)cc2c1. The molecule has 6 nitrogen and oxygen atoms in total. The van der Waals surface area contributed by atoms with Crippen LogP contribution in [0.1, 0.15) is 15.9 Å². The summed E-state index contributed by atoms with van der Waals surface area (Å²) in [7, 11) is 1.67. The van der Waals surface area contributed by atoms with Crippen LogP contribution >= 0.6 is 0 Å². The number of benzene rings is 2. The van der Waals surface area contributed by atoms with Crippen LogP contribution in [-0.4, -0.2) is 22.9 Å². The molecule has 3 aromatic rings. The van der Waals surface area contributed by atoms with E-state index in [4.69, 9.17) is 11.6 Å². The van der Waals surface area contributed by atoms with Crippen molar-refractivity contribution >= 4 is 28.2 Å². The predicted octanol–water partition coefficient (Wildman–Crippen LogP) is 2.69. The Bertz CT molecular complexity index is 1000. The van der Waals surface area contributed by atoms with Crippen LogP contribution in [0.2, 0.25) is 0 Å². The second-order valence-corrected chi connectivity index (χ2v) is 5.82. The summed E-state index contributed by atoms with van der Waals surface area (Å²) in [5.41, 5.74) is 7.26. The van der Waals surface area contributed by atoms with Crippen LogP contribution in [0.4, 0.5) is 10.2 Å². The average molecular weight is 351 g/mol. The van der Waals surface area contributed by atoms with Crippen LogP contribution in [0.5, 0.6) is 0 Å². The number of nitrogens with one attached hydrogen (secondary N) is 1. The van der Waals surface area contributed by atoms with Crippen molar-refractivity contribution in [3.8, 4) is 0 Å². The van der Waals surface area contributed by atoms with Crippen molar-refractivity contribution < 1.29 is 9.18 Å². The molecule has 0 aliphatic rings. The van der Waals surface area contributed by atoms with Crippen molar-refractivity contribution in [1.82, 2.24) is 9.99 Å². The first-order valence-corrected chi connectivity index (χ1v) is 7.85. The lowest BCUT2D eigenvalue weighted by Gasteiger charge is -2.10. The maximum absolute atomic E-state index is 13.7. The molecule has 26 heavy (non-hydrogen) atoms. The number of anilines is 1. The molecule has 0 aliphatic carbocycles. The minimum absolute atomic E-state index is 0.0405. The Morgan fingerprint density at radius 1 is 1.19 bits per heavy atom.